The van der Waals surface area contributed by atoms with Gasteiger partial charge in [-0.1, -0.05) is 40.9 Å². The first kappa shape index (κ1) is 19.0. The highest BCUT2D eigenvalue weighted by molar-refractivity contribution is 7.89. The molecule has 0 unspecified atom stereocenters. The Hall–Kier alpha value is -1.31. The summed E-state index contributed by atoms with van der Waals surface area (Å²) >= 11 is 17.4. The summed E-state index contributed by atoms with van der Waals surface area (Å²) in [7, 11) is -3.82. The van der Waals surface area contributed by atoms with Crippen LogP contribution < -0.4 is 4.72 Å². The Labute approximate surface area is 154 Å². The minimum absolute atomic E-state index is 0.000413. The molecule has 0 fully saturated rings. The van der Waals surface area contributed by atoms with Crippen molar-refractivity contribution in [3.05, 3.63) is 63.1 Å². The van der Waals surface area contributed by atoms with E-state index >= 15 is 0 Å². The summed E-state index contributed by atoms with van der Waals surface area (Å²) in [5.74, 6) is -0.737. The molecule has 0 aliphatic rings. The van der Waals surface area contributed by atoms with Gasteiger partial charge in [0.15, 0.2) is 0 Å². The van der Waals surface area contributed by atoms with Gasteiger partial charge in [0.2, 0.25) is 10.0 Å². The minimum atomic E-state index is -3.82. The van der Waals surface area contributed by atoms with Crippen LogP contribution in [0.4, 0.5) is 0 Å². The average molecular weight is 409 g/mol. The van der Waals surface area contributed by atoms with Crippen LogP contribution in [-0.2, 0) is 26.2 Å². The molecule has 5 nitrogen and oxygen atoms in total. The first-order valence-corrected chi connectivity index (χ1v) is 9.24. The van der Waals surface area contributed by atoms with E-state index in [0.717, 1.165) is 0 Å². The monoisotopic (exact) mass is 407 g/mol. The van der Waals surface area contributed by atoms with E-state index in [1.807, 2.05) is 0 Å². The summed E-state index contributed by atoms with van der Waals surface area (Å²) in [5, 5.41) is 1.23. The van der Waals surface area contributed by atoms with Gasteiger partial charge in [0.25, 0.3) is 0 Å². The molecule has 0 saturated heterocycles. The second-order valence-corrected chi connectivity index (χ2v) is 7.72. The molecule has 0 radical (unpaired) electrons. The number of esters is 1. The number of halogens is 3. The van der Waals surface area contributed by atoms with Crippen molar-refractivity contribution in [2.24, 2.45) is 0 Å². The van der Waals surface area contributed by atoms with Gasteiger partial charge in [0.1, 0.15) is 13.2 Å². The predicted molar refractivity (Wildman–Crippen MR) is 92.9 cm³/mol. The number of hydrogen-bond donors (Lipinski definition) is 1. The molecule has 1 N–H and O–H groups in total. The van der Waals surface area contributed by atoms with Crippen LogP contribution in [0.25, 0.3) is 0 Å². The van der Waals surface area contributed by atoms with Gasteiger partial charge in [0, 0.05) is 20.6 Å². The van der Waals surface area contributed by atoms with Gasteiger partial charge in [-0.05, 0) is 36.4 Å². The normalized spacial score (nSPS) is 11.3. The van der Waals surface area contributed by atoms with E-state index in [1.165, 1.54) is 30.3 Å². The third kappa shape index (κ3) is 5.36. The maximum Gasteiger partial charge on any atom is 0.321 e. The number of benzene rings is 2. The molecule has 0 amide bonds. The predicted octanol–water partition coefficient (Wildman–Crippen LogP) is 3.67. The molecule has 0 spiro atoms. The fourth-order valence-corrected chi connectivity index (χ4v) is 3.26. The lowest BCUT2D eigenvalue weighted by atomic mass is 10.2. The fourth-order valence-electron chi connectivity index (χ4n) is 1.70. The Kier molecular flexibility index (Phi) is 6.48. The number of carbonyl (C=O) groups is 1. The molecule has 128 valence electrons. The van der Waals surface area contributed by atoms with Crippen molar-refractivity contribution in [1.82, 2.24) is 4.72 Å². The summed E-state index contributed by atoms with van der Waals surface area (Å²) in [4.78, 5) is 11.7. The van der Waals surface area contributed by atoms with Crippen LogP contribution in [0.3, 0.4) is 0 Å². The highest BCUT2D eigenvalue weighted by Gasteiger charge is 2.16. The first-order valence-electron chi connectivity index (χ1n) is 6.63. The van der Waals surface area contributed by atoms with E-state index in [-0.39, 0.29) is 11.5 Å². The fraction of sp³-hybridized carbons (Fsp3) is 0.133. The number of hydrogen-bond acceptors (Lipinski definition) is 4. The molecule has 2 rings (SSSR count). The zero-order chi connectivity index (χ0) is 17.7. The summed E-state index contributed by atoms with van der Waals surface area (Å²) in [6, 6.07) is 10.3. The molecule has 2 aromatic rings. The Morgan fingerprint density at radius 3 is 2.25 bits per heavy atom. The molecule has 0 atom stereocenters. The van der Waals surface area contributed by atoms with Crippen molar-refractivity contribution < 1.29 is 17.9 Å². The zero-order valence-electron chi connectivity index (χ0n) is 12.1. The van der Waals surface area contributed by atoms with Gasteiger partial charge in [-0.25, -0.2) is 8.42 Å². The molecule has 0 heterocycles. The molecule has 0 aliphatic heterocycles. The van der Waals surface area contributed by atoms with E-state index in [0.29, 0.717) is 20.6 Å². The van der Waals surface area contributed by atoms with Crippen LogP contribution in [0.5, 0.6) is 0 Å². The summed E-state index contributed by atoms with van der Waals surface area (Å²) in [6.45, 7) is -0.590. The van der Waals surface area contributed by atoms with Crippen molar-refractivity contribution in [2.75, 3.05) is 6.54 Å². The molecule has 2 aromatic carbocycles. The third-order valence-electron chi connectivity index (χ3n) is 2.93. The van der Waals surface area contributed by atoms with E-state index in [1.54, 1.807) is 12.1 Å². The van der Waals surface area contributed by atoms with Crippen LogP contribution in [0.15, 0.2) is 47.4 Å². The third-order valence-corrected chi connectivity index (χ3v) is 5.19. The molecule has 0 bridgehead atoms. The molecular weight excluding hydrogens is 397 g/mol. The van der Waals surface area contributed by atoms with Gasteiger partial charge in [-0.2, -0.15) is 4.72 Å². The molecule has 0 aliphatic carbocycles. The topological polar surface area (TPSA) is 72.5 Å². The van der Waals surface area contributed by atoms with Crippen LogP contribution in [0.2, 0.25) is 15.1 Å². The lowest BCUT2D eigenvalue weighted by Crippen LogP contribution is -2.30. The van der Waals surface area contributed by atoms with Gasteiger partial charge in [-0.15, -0.1) is 0 Å². The Bertz CT molecular complexity index is 838. The average Bonchev–Trinajstić information content (AvgIpc) is 2.52. The van der Waals surface area contributed by atoms with Gasteiger partial charge in [0.05, 0.1) is 4.90 Å². The van der Waals surface area contributed by atoms with E-state index < -0.39 is 22.5 Å². The largest absolute Gasteiger partial charge is 0.460 e. The summed E-state index contributed by atoms with van der Waals surface area (Å²) in [6.07, 6.45) is 0. The van der Waals surface area contributed by atoms with Crippen LogP contribution >= 0.6 is 34.8 Å². The molecule has 9 heteroatoms. The van der Waals surface area contributed by atoms with Crippen LogP contribution in [0, 0.1) is 0 Å². The minimum Gasteiger partial charge on any atom is -0.460 e. The SMILES string of the molecule is O=C(CNS(=O)(=O)c1ccc(Cl)cc1)OCc1ccc(Cl)cc1Cl. The summed E-state index contributed by atoms with van der Waals surface area (Å²) in [5.41, 5.74) is 0.565. The maximum atomic E-state index is 12.0. The molecular formula is C15H12Cl3NO4S. The van der Waals surface area contributed by atoms with E-state index in [9.17, 15) is 13.2 Å². The van der Waals surface area contributed by atoms with Crippen molar-refractivity contribution in [1.29, 1.82) is 0 Å². The first-order chi connectivity index (χ1) is 11.3. The molecule has 0 aromatic heterocycles. The lowest BCUT2D eigenvalue weighted by molar-refractivity contribution is -0.143. The van der Waals surface area contributed by atoms with Crippen molar-refractivity contribution >= 4 is 50.8 Å². The van der Waals surface area contributed by atoms with Gasteiger partial charge in [-0.3, -0.25) is 4.79 Å². The highest BCUT2D eigenvalue weighted by atomic mass is 35.5. The van der Waals surface area contributed by atoms with Crippen LogP contribution in [-0.4, -0.2) is 20.9 Å². The van der Waals surface area contributed by atoms with Gasteiger partial charge < -0.3 is 4.74 Å². The summed E-state index contributed by atoms with van der Waals surface area (Å²) < 4.78 is 31.2. The van der Waals surface area contributed by atoms with Gasteiger partial charge >= 0.3 is 5.97 Å². The number of ether oxygens (including phenoxy) is 1. The maximum absolute atomic E-state index is 12.0. The Morgan fingerprint density at radius 2 is 1.62 bits per heavy atom. The second-order valence-electron chi connectivity index (χ2n) is 4.67. The second kappa shape index (κ2) is 8.18. The number of carbonyl (C=O) groups excluding carboxylic acids is 1. The smallest absolute Gasteiger partial charge is 0.321 e. The van der Waals surface area contributed by atoms with Crippen LogP contribution in [0.1, 0.15) is 5.56 Å². The standard InChI is InChI=1S/C15H12Cl3NO4S/c16-11-3-5-13(6-4-11)24(21,22)19-8-15(20)23-9-10-1-2-12(17)7-14(10)18/h1-7,19H,8-9H2. The molecule has 0 saturated carbocycles. The zero-order valence-corrected chi connectivity index (χ0v) is 15.2. The Balaban J connectivity index is 1.89. The highest BCUT2D eigenvalue weighted by Crippen LogP contribution is 2.21. The van der Waals surface area contributed by atoms with Crippen molar-refractivity contribution in [3.8, 4) is 0 Å². The Morgan fingerprint density at radius 1 is 1.00 bits per heavy atom. The van der Waals surface area contributed by atoms with E-state index in [2.05, 4.69) is 4.72 Å². The van der Waals surface area contributed by atoms with Crippen molar-refractivity contribution in [3.63, 3.8) is 0 Å². The van der Waals surface area contributed by atoms with E-state index in [4.69, 9.17) is 39.5 Å². The number of nitrogens with one attached hydrogen (secondary N) is 1. The number of sulfonamides is 1. The lowest BCUT2D eigenvalue weighted by Gasteiger charge is -2.09. The quantitative estimate of drug-likeness (QED) is 0.740. The molecule has 24 heavy (non-hydrogen) atoms. The van der Waals surface area contributed by atoms with Crippen molar-refractivity contribution in [2.45, 2.75) is 11.5 Å². The number of rotatable bonds is 6.